The molecule has 1 unspecified atom stereocenters. The van der Waals surface area contributed by atoms with Crippen molar-refractivity contribution in [1.82, 2.24) is 4.98 Å². The molecule has 0 bridgehead atoms. The Morgan fingerprint density at radius 3 is 2.41 bits per heavy atom. The maximum absolute atomic E-state index is 13.2. The van der Waals surface area contributed by atoms with Crippen LogP contribution < -0.4 is 5.32 Å². The van der Waals surface area contributed by atoms with Crippen molar-refractivity contribution in [3.63, 3.8) is 0 Å². The number of halogens is 1. The lowest BCUT2D eigenvalue weighted by molar-refractivity contribution is -0.131. The second-order valence-corrected chi connectivity index (χ2v) is 8.14. The van der Waals surface area contributed by atoms with Crippen molar-refractivity contribution in [2.45, 2.75) is 66.0 Å². The first kappa shape index (κ1) is 22.8. The van der Waals surface area contributed by atoms with E-state index in [1.807, 2.05) is 6.92 Å². The third-order valence-electron chi connectivity index (χ3n) is 4.04. The number of hydrogen-bond acceptors (Lipinski definition) is 5. The highest BCUT2D eigenvalue weighted by Gasteiger charge is 2.24. The fourth-order valence-electron chi connectivity index (χ4n) is 2.73. The standard InChI is InChI=1S/C22H29FN2O4/c1-13(2)28-20(26)19-18(25-21(27)29-22(4,5)6)14(3)16(12-24-19)11-15-7-9-17(23)10-8-15/h7-10,12-13,20,26H,11H2,1-6H3,(H,25,27). The van der Waals surface area contributed by atoms with Crippen molar-refractivity contribution in [2.24, 2.45) is 0 Å². The van der Waals surface area contributed by atoms with Gasteiger partial charge in [0.05, 0.1) is 11.8 Å². The van der Waals surface area contributed by atoms with E-state index in [1.54, 1.807) is 52.9 Å². The molecule has 2 N–H and O–H groups in total. The summed E-state index contributed by atoms with van der Waals surface area (Å²) in [6.07, 6.45) is -0.0803. The highest BCUT2D eigenvalue weighted by atomic mass is 19.1. The maximum atomic E-state index is 13.2. The molecule has 1 heterocycles. The van der Waals surface area contributed by atoms with Gasteiger partial charge in [-0.1, -0.05) is 12.1 Å². The summed E-state index contributed by atoms with van der Waals surface area (Å²) in [7, 11) is 0. The van der Waals surface area contributed by atoms with Crippen molar-refractivity contribution in [3.05, 3.63) is 58.7 Å². The number of hydrogen-bond donors (Lipinski definition) is 2. The number of ether oxygens (including phenoxy) is 2. The van der Waals surface area contributed by atoms with Crippen LogP contribution in [0.1, 0.15) is 63.3 Å². The largest absolute Gasteiger partial charge is 0.444 e. The molecule has 1 atom stereocenters. The predicted octanol–water partition coefficient (Wildman–Crippen LogP) is 4.88. The zero-order valence-corrected chi connectivity index (χ0v) is 17.7. The molecule has 0 fully saturated rings. The zero-order chi connectivity index (χ0) is 21.8. The minimum atomic E-state index is -1.31. The minimum Gasteiger partial charge on any atom is -0.444 e. The Labute approximate surface area is 171 Å². The summed E-state index contributed by atoms with van der Waals surface area (Å²) in [6, 6.07) is 6.18. The van der Waals surface area contributed by atoms with Gasteiger partial charge >= 0.3 is 6.09 Å². The lowest BCUT2D eigenvalue weighted by Crippen LogP contribution is -2.28. The number of benzene rings is 1. The number of amides is 1. The summed E-state index contributed by atoms with van der Waals surface area (Å²) < 4.78 is 24.0. The van der Waals surface area contributed by atoms with Crippen molar-refractivity contribution in [2.75, 3.05) is 5.32 Å². The number of carbonyl (C=O) groups is 1. The van der Waals surface area contributed by atoms with E-state index in [4.69, 9.17) is 9.47 Å². The summed E-state index contributed by atoms with van der Waals surface area (Å²) in [5, 5.41) is 13.1. The molecular formula is C22H29FN2O4. The molecule has 1 amide bonds. The SMILES string of the molecule is Cc1c(Cc2ccc(F)cc2)cnc(C(O)OC(C)C)c1NC(=O)OC(C)(C)C. The van der Waals surface area contributed by atoms with Crippen LogP contribution in [0, 0.1) is 12.7 Å². The average molecular weight is 404 g/mol. The number of aliphatic hydroxyl groups is 1. The topological polar surface area (TPSA) is 80.7 Å². The second kappa shape index (κ2) is 9.33. The Balaban J connectivity index is 2.40. The molecule has 1 aromatic carbocycles. The van der Waals surface area contributed by atoms with Gasteiger partial charge in [-0.3, -0.25) is 10.3 Å². The number of pyridine rings is 1. The van der Waals surface area contributed by atoms with Gasteiger partial charge in [-0.05, 0) is 76.8 Å². The van der Waals surface area contributed by atoms with Gasteiger partial charge < -0.3 is 14.6 Å². The van der Waals surface area contributed by atoms with Crippen molar-refractivity contribution in [1.29, 1.82) is 0 Å². The van der Waals surface area contributed by atoms with E-state index in [9.17, 15) is 14.3 Å². The van der Waals surface area contributed by atoms with Gasteiger partial charge in [-0.15, -0.1) is 0 Å². The Morgan fingerprint density at radius 2 is 1.86 bits per heavy atom. The van der Waals surface area contributed by atoms with Crippen LogP contribution in [0.3, 0.4) is 0 Å². The first-order chi connectivity index (χ1) is 13.5. The van der Waals surface area contributed by atoms with Crippen molar-refractivity contribution in [3.8, 4) is 0 Å². The number of nitrogens with one attached hydrogen (secondary N) is 1. The Bertz CT molecular complexity index is 845. The lowest BCUT2D eigenvalue weighted by atomic mass is 10.00. The van der Waals surface area contributed by atoms with Crippen LogP contribution >= 0.6 is 0 Å². The summed E-state index contributed by atoms with van der Waals surface area (Å²) >= 11 is 0. The molecule has 7 heteroatoms. The molecule has 0 saturated heterocycles. The summed E-state index contributed by atoms with van der Waals surface area (Å²) in [5.41, 5.74) is 2.30. The van der Waals surface area contributed by atoms with Crippen LogP contribution in [0.15, 0.2) is 30.5 Å². The molecule has 0 aliphatic rings. The van der Waals surface area contributed by atoms with Gasteiger partial charge in [-0.25, -0.2) is 9.18 Å². The van der Waals surface area contributed by atoms with Gasteiger partial charge in [0.1, 0.15) is 17.1 Å². The minimum absolute atomic E-state index is 0.199. The number of carbonyl (C=O) groups excluding carboxylic acids is 1. The van der Waals surface area contributed by atoms with Gasteiger partial charge in [-0.2, -0.15) is 0 Å². The molecule has 0 saturated carbocycles. The van der Waals surface area contributed by atoms with Crippen LogP contribution in [-0.2, 0) is 15.9 Å². The maximum Gasteiger partial charge on any atom is 0.412 e. The molecule has 0 aliphatic heterocycles. The fraction of sp³-hybridized carbons (Fsp3) is 0.455. The summed E-state index contributed by atoms with van der Waals surface area (Å²) in [5.74, 6) is -0.305. The Morgan fingerprint density at radius 1 is 1.24 bits per heavy atom. The average Bonchev–Trinajstić information content (AvgIpc) is 2.58. The summed E-state index contributed by atoms with van der Waals surface area (Å²) in [4.78, 5) is 16.7. The number of aromatic nitrogens is 1. The predicted molar refractivity (Wildman–Crippen MR) is 109 cm³/mol. The number of rotatable bonds is 6. The molecule has 0 aliphatic carbocycles. The molecule has 2 aromatic rings. The van der Waals surface area contributed by atoms with E-state index >= 15 is 0 Å². The summed E-state index contributed by atoms with van der Waals surface area (Å²) in [6.45, 7) is 10.7. The van der Waals surface area contributed by atoms with Crippen LogP contribution in [0.25, 0.3) is 0 Å². The van der Waals surface area contributed by atoms with Crippen molar-refractivity contribution >= 4 is 11.8 Å². The molecule has 0 radical (unpaired) electrons. The number of aliphatic hydroxyl groups excluding tert-OH is 1. The third kappa shape index (κ3) is 6.80. The van der Waals surface area contributed by atoms with E-state index in [0.29, 0.717) is 12.1 Å². The third-order valence-corrected chi connectivity index (χ3v) is 4.04. The van der Waals surface area contributed by atoms with Crippen LogP contribution in [0.5, 0.6) is 0 Å². The molecule has 2 rings (SSSR count). The molecule has 6 nitrogen and oxygen atoms in total. The molecule has 1 aromatic heterocycles. The van der Waals surface area contributed by atoms with Crippen LogP contribution in [0.2, 0.25) is 0 Å². The van der Waals surface area contributed by atoms with E-state index in [2.05, 4.69) is 10.3 Å². The quantitative estimate of drug-likeness (QED) is 0.671. The Kier molecular flexibility index (Phi) is 7.32. The van der Waals surface area contributed by atoms with E-state index in [0.717, 1.165) is 16.7 Å². The highest BCUT2D eigenvalue weighted by Crippen LogP contribution is 2.30. The molecule has 29 heavy (non-hydrogen) atoms. The monoisotopic (exact) mass is 404 g/mol. The highest BCUT2D eigenvalue weighted by molar-refractivity contribution is 5.87. The molecular weight excluding hydrogens is 375 g/mol. The fourth-order valence-corrected chi connectivity index (χ4v) is 2.73. The zero-order valence-electron chi connectivity index (χ0n) is 17.7. The first-order valence-corrected chi connectivity index (χ1v) is 9.52. The second-order valence-electron chi connectivity index (χ2n) is 8.14. The van der Waals surface area contributed by atoms with Crippen LogP contribution in [0.4, 0.5) is 14.9 Å². The number of anilines is 1. The Hall–Kier alpha value is -2.51. The lowest BCUT2D eigenvalue weighted by Gasteiger charge is -2.23. The van der Waals surface area contributed by atoms with Gasteiger partial charge in [0.25, 0.3) is 0 Å². The number of nitrogens with zero attached hydrogens (tertiary/aromatic N) is 1. The van der Waals surface area contributed by atoms with Gasteiger partial charge in [0, 0.05) is 6.20 Å². The van der Waals surface area contributed by atoms with Crippen LogP contribution in [-0.4, -0.2) is 27.9 Å². The van der Waals surface area contributed by atoms with E-state index in [-0.39, 0.29) is 17.6 Å². The molecule has 0 spiro atoms. The van der Waals surface area contributed by atoms with E-state index in [1.165, 1.54) is 12.1 Å². The van der Waals surface area contributed by atoms with Crippen molar-refractivity contribution < 1.29 is 23.8 Å². The normalized spacial score (nSPS) is 12.7. The van der Waals surface area contributed by atoms with E-state index < -0.39 is 18.0 Å². The first-order valence-electron chi connectivity index (χ1n) is 9.52. The smallest absolute Gasteiger partial charge is 0.412 e. The van der Waals surface area contributed by atoms with Gasteiger partial charge in [0.15, 0.2) is 0 Å². The molecule has 158 valence electrons. The van der Waals surface area contributed by atoms with Gasteiger partial charge in [0.2, 0.25) is 6.29 Å².